The summed E-state index contributed by atoms with van der Waals surface area (Å²) in [5.74, 6) is 0.225. The van der Waals surface area contributed by atoms with Crippen LogP contribution in [0.2, 0.25) is 5.02 Å². The van der Waals surface area contributed by atoms with Gasteiger partial charge in [0.15, 0.2) is 0 Å². The molecule has 1 rings (SSSR count). The van der Waals surface area contributed by atoms with Crippen LogP contribution < -0.4 is 5.73 Å². The highest BCUT2D eigenvalue weighted by atomic mass is 35.5. The molecule has 1 aromatic carbocycles. The third kappa shape index (κ3) is 4.08. The molecule has 0 bridgehead atoms. The zero-order valence-electron chi connectivity index (χ0n) is 9.61. The molecule has 1 atom stereocenters. The molecule has 0 aromatic heterocycles. The van der Waals surface area contributed by atoms with Crippen molar-refractivity contribution in [2.75, 3.05) is 13.6 Å². The van der Waals surface area contributed by atoms with Crippen molar-refractivity contribution in [1.29, 1.82) is 0 Å². The van der Waals surface area contributed by atoms with E-state index in [1.807, 2.05) is 38.2 Å². The highest BCUT2D eigenvalue weighted by molar-refractivity contribution is 7.80. The molecule has 2 N–H and O–H groups in total. The number of nitrogens with zero attached hydrogens (tertiary/aromatic N) is 1. The maximum absolute atomic E-state index is 6.09. The number of halogens is 1. The molecule has 0 saturated heterocycles. The number of thiocarbonyl (C=S) groups is 1. The molecule has 0 amide bonds. The summed E-state index contributed by atoms with van der Waals surface area (Å²) in [7, 11) is 2.04. The summed E-state index contributed by atoms with van der Waals surface area (Å²) in [6.07, 6.45) is 0. The van der Waals surface area contributed by atoms with Crippen molar-refractivity contribution in [3.05, 3.63) is 34.9 Å². The molecule has 0 aliphatic rings. The van der Waals surface area contributed by atoms with Crippen molar-refractivity contribution in [3.63, 3.8) is 0 Å². The number of benzene rings is 1. The molecule has 88 valence electrons. The van der Waals surface area contributed by atoms with E-state index in [2.05, 4.69) is 4.90 Å². The summed E-state index contributed by atoms with van der Waals surface area (Å²) < 4.78 is 0. The Morgan fingerprint density at radius 3 is 2.69 bits per heavy atom. The van der Waals surface area contributed by atoms with Crippen LogP contribution in [-0.4, -0.2) is 23.5 Å². The zero-order valence-corrected chi connectivity index (χ0v) is 11.2. The summed E-state index contributed by atoms with van der Waals surface area (Å²) in [5.41, 5.74) is 6.71. The fraction of sp³-hybridized carbons (Fsp3) is 0.417. The van der Waals surface area contributed by atoms with Gasteiger partial charge in [-0.1, -0.05) is 48.9 Å². The van der Waals surface area contributed by atoms with E-state index in [4.69, 9.17) is 29.6 Å². The topological polar surface area (TPSA) is 29.3 Å². The number of rotatable bonds is 5. The molecule has 1 unspecified atom stereocenters. The van der Waals surface area contributed by atoms with Crippen molar-refractivity contribution < 1.29 is 0 Å². The Bertz CT molecular complexity index is 368. The molecule has 0 fully saturated rings. The van der Waals surface area contributed by atoms with Crippen LogP contribution in [0.4, 0.5) is 0 Å². The zero-order chi connectivity index (χ0) is 12.1. The summed E-state index contributed by atoms with van der Waals surface area (Å²) in [4.78, 5) is 2.73. The van der Waals surface area contributed by atoms with Crippen molar-refractivity contribution in [1.82, 2.24) is 4.90 Å². The van der Waals surface area contributed by atoms with Gasteiger partial charge in [0.1, 0.15) is 0 Å². The number of hydrogen-bond donors (Lipinski definition) is 1. The van der Waals surface area contributed by atoms with Gasteiger partial charge in [-0.25, -0.2) is 0 Å². The quantitative estimate of drug-likeness (QED) is 0.822. The molecule has 0 saturated carbocycles. The monoisotopic (exact) mass is 256 g/mol. The van der Waals surface area contributed by atoms with Crippen molar-refractivity contribution in [2.45, 2.75) is 13.5 Å². The first kappa shape index (κ1) is 13.4. The van der Waals surface area contributed by atoms with E-state index >= 15 is 0 Å². The molecule has 0 heterocycles. The van der Waals surface area contributed by atoms with Crippen molar-refractivity contribution in [2.24, 2.45) is 11.7 Å². The highest BCUT2D eigenvalue weighted by Crippen LogP contribution is 2.16. The Hall–Kier alpha value is -0.640. The summed E-state index contributed by atoms with van der Waals surface area (Å²) >= 11 is 11.0. The number of hydrogen-bond acceptors (Lipinski definition) is 2. The highest BCUT2D eigenvalue weighted by Gasteiger charge is 2.10. The van der Waals surface area contributed by atoms with Gasteiger partial charge in [0.05, 0.1) is 4.99 Å². The van der Waals surface area contributed by atoms with Gasteiger partial charge in [-0.2, -0.15) is 0 Å². The van der Waals surface area contributed by atoms with Crippen molar-refractivity contribution in [3.8, 4) is 0 Å². The second-order valence-electron chi connectivity index (χ2n) is 4.09. The predicted molar refractivity (Wildman–Crippen MR) is 73.7 cm³/mol. The van der Waals surface area contributed by atoms with Crippen LogP contribution in [0, 0.1) is 5.92 Å². The van der Waals surface area contributed by atoms with E-state index in [0.717, 1.165) is 23.7 Å². The molecule has 16 heavy (non-hydrogen) atoms. The average Bonchev–Trinajstić information content (AvgIpc) is 2.21. The van der Waals surface area contributed by atoms with E-state index in [9.17, 15) is 0 Å². The minimum absolute atomic E-state index is 0.225. The number of nitrogens with two attached hydrogens (primary N) is 1. The molecular weight excluding hydrogens is 240 g/mol. The van der Waals surface area contributed by atoms with E-state index < -0.39 is 0 Å². The normalized spacial score (nSPS) is 12.8. The first-order valence-electron chi connectivity index (χ1n) is 5.22. The Balaban J connectivity index is 2.55. The van der Waals surface area contributed by atoms with Gasteiger partial charge >= 0.3 is 0 Å². The summed E-state index contributed by atoms with van der Waals surface area (Å²) in [6, 6.07) is 7.86. The maximum atomic E-state index is 6.09. The lowest BCUT2D eigenvalue weighted by Gasteiger charge is -2.21. The second kappa shape index (κ2) is 6.18. The molecule has 1 aromatic rings. The van der Waals surface area contributed by atoms with Crippen LogP contribution in [0.5, 0.6) is 0 Å². The summed E-state index contributed by atoms with van der Waals surface area (Å²) in [5, 5.41) is 0.803. The Morgan fingerprint density at radius 2 is 2.12 bits per heavy atom. The lowest BCUT2D eigenvalue weighted by molar-refractivity contribution is 0.308. The Morgan fingerprint density at radius 1 is 1.50 bits per heavy atom. The van der Waals surface area contributed by atoms with E-state index in [1.54, 1.807) is 0 Å². The third-order valence-corrected chi connectivity index (χ3v) is 3.24. The van der Waals surface area contributed by atoms with Gasteiger partial charge in [0, 0.05) is 24.0 Å². The minimum Gasteiger partial charge on any atom is -0.393 e. The average molecular weight is 257 g/mol. The molecule has 0 radical (unpaired) electrons. The van der Waals surface area contributed by atoms with Gasteiger partial charge in [-0.05, 0) is 18.7 Å². The van der Waals surface area contributed by atoms with Gasteiger partial charge < -0.3 is 10.6 Å². The first-order valence-corrected chi connectivity index (χ1v) is 6.00. The van der Waals surface area contributed by atoms with Crippen LogP contribution >= 0.6 is 23.8 Å². The Kier molecular flexibility index (Phi) is 5.19. The van der Waals surface area contributed by atoms with Gasteiger partial charge in [-0.3, -0.25) is 0 Å². The van der Waals surface area contributed by atoms with Gasteiger partial charge in [-0.15, -0.1) is 0 Å². The minimum atomic E-state index is 0.225. The Labute approximate surface area is 107 Å². The van der Waals surface area contributed by atoms with Gasteiger partial charge in [0.25, 0.3) is 0 Å². The molecule has 0 spiro atoms. The molecule has 2 nitrogen and oxygen atoms in total. The molecule has 4 heteroatoms. The molecule has 0 aliphatic carbocycles. The largest absolute Gasteiger partial charge is 0.393 e. The smallest absolute Gasteiger partial charge is 0.0768 e. The van der Waals surface area contributed by atoms with Crippen LogP contribution in [-0.2, 0) is 6.54 Å². The lowest BCUT2D eigenvalue weighted by Crippen LogP contribution is -2.31. The maximum Gasteiger partial charge on any atom is 0.0768 e. The fourth-order valence-corrected chi connectivity index (χ4v) is 1.81. The first-order chi connectivity index (χ1) is 7.50. The van der Waals surface area contributed by atoms with Crippen molar-refractivity contribution >= 4 is 28.8 Å². The molecule has 0 aliphatic heterocycles. The van der Waals surface area contributed by atoms with Crippen LogP contribution in [0.25, 0.3) is 0 Å². The van der Waals surface area contributed by atoms with E-state index in [-0.39, 0.29) is 5.92 Å². The molecular formula is C12H17ClN2S. The third-order valence-electron chi connectivity index (χ3n) is 2.47. The van der Waals surface area contributed by atoms with E-state index in [1.165, 1.54) is 0 Å². The van der Waals surface area contributed by atoms with Crippen LogP contribution in [0.15, 0.2) is 24.3 Å². The van der Waals surface area contributed by atoms with Crippen LogP contribution in [0.3, 0.4) is 0 Å². The standard InChI is InChI=1S/C12H17ClN2S/c1-9(12(14)16)7-15(2)8-10-5-3-4-6-11(10)13/h3-6,9H,7-8H2,1-2H3,(H2,14,16). The SMILES string of the molecule is CC(CN(C)Cc1ccccc1Cl)C(N)=S. The lowest BCUT2D eigenvalue weighted by atomic mass is 10.1. The fourth-order valence-electron chi connectivity index (χ4n) is 1.54. The van der Waals surface area contributed by atoms with Gasteiger partial charge in [0.2, 0.25) is 0 Å². The van der Waals surface area contributed by atoms with E-state index in [0.29, 0.717) is 4.99 Å². The van der Waals surface area contributed by atoms with Crippen LogP contribution in [0.1, 0.15) is 12.5 Å². The summed E-state index contributed by atoms with van der Waals surface area (Å²) in [6.45, 7) is 3.69. The predicted octanol–water partition coefficient (Wildman–Crippen LogP) is 2.69. The second-order valence-corrected chi connectivity index (χ2v) is 4.97.